The van der Waals surface area contributed by atoms with Gasteiger partial charge in [-0.1, -0.05) is 51.1 Å². The standard InChI is InChI=1S/C42H48N2O13S4/c1-6-20-43-33-25-35(60(52,53)54)29-18-16-27(58(46,47)48)23-31(29)39(33)41(2,3)37(43)14-10-9-11-15-38-42(4,5)40-32-24-28(59(49,50)51)17-19-30(32)36(61(55,56)57)26-34(40)44(38)21-12-7-8-13-22-45/h9-11,14-19,22-24,26,35H,6-8,12-13,20-21,25H2,1-5H3,(H3-,46,47,48,49,50,51,52,53,54,55,56,57)/p+1. The molecule has 0 radical (unpaired) electrons. The van der Waals surface area contributed by atoms with Gasteiger partial charge in [0.05, 0.1) is 15.2 Å². The molecule has 1 atom stereocenters. The monoisotopic (exact) mass is 917 g/mol. The van der Waals surface area contributed by atoms with Gasteiger partial charge in [-0.3, -0.25) is 18.2 Å². The topological polar surface area (TPSA) is 241 Å². The van der Waals surface area contributed by atoms with Crippen LogP contribution in [0.3, 0.4) is 0 Å². The zero-order valence-electron chi connectivity index (χ0n) is 34.2. The Balaban J connectivity index is 1.45. The van der Waals surface area contributed by atoms with Crippen LogP contribution in [0, 0.1) is 5.41 Å². The van der Waals surface area contributed by atoms with Crippen LogP contribution in [-0.2, 0) is 50.7 Å². The molecular weight excluding hydrogens is 869 g/mol. The second-order valence-corrected chi connectivity index (χ2v) is 22.3. The Morgan fingerprint density at radius 1 is 0.770 bits per heavy atom. The number of aldehydes is 1. The third-order valence-electron chi connectivity index (χ3n) is 11.7. The number of fused-ring (bicyclic) bond motifs is 5. The van der Waals surface area contributed by atoms with Gasteiger partial charge < -0.3 is 9.69 Å². The fourth-order valence-electron chi connectivity index (χ4n) is 9.10. The number of carbonyl (C=O) groups excluding carboxylic acids is 1. The van der Waals surface area contributed by atoms with Crippen LogP contribution in [0.5, 0.6) is 0 Å². The Hall–Kier alpha value is -4.34. The summed E-state index contributed by atoms with van der Waals surface area (Å²) in [5, 5.41) is -1.10. The highest BCUT2D eigenvalue weighted by Gasteiger charge is 2.49. The third-order valence-corrected chi connectivity index (χ3v) is 15.4. The molecule has 0 bridgehead atoms. The highest BCUT2D eigenvalue weighted by molar-refractivity contribution is 7.86. The Bertz CT molecular complexity index is 2960. The lowest BCUT2D eigenvalue weighted by atomic mass is 9.75. The molecule has 2 aliphatic heterocycles. The zero-order valence-corrected chi connectivity index (χ0v) is 37.5. The van der Waals surface area contributed by atoms with Crippen molar-refractivity contribution in [2.75, 3.05) is 13.1 Å². The predicted molar refractivity (Wildman–Crippen MR) is 230 cm³/mol. The largest absolute Gasteiger partial charge is 0.347 e. The minimum Gasteiger partial charge on any atom is -0.347 e. The predicted octanol–water partition coefficient (Wildman–Crippen LogP) is 7.21. The van der Waals surface area contributed by atoms with Gasteiger partial charge in [0.25, 0.3) is 40.5 Å². The van der Waals surface area contributed by atoms with Gasteiger partial charge in [0.1, 0.15) is 23.0 Å². The van der Waals surface area contributed by atoms with Gasteiger partial charge in [-0.15, -0.1) is 0 Å². The molecule has 3 aliphatic rings. The fourth-order valence-corrected chi connectivity index (χ4v) is 11.7. The lowest BCUT2D eigenvalue weighted by Crippen LogP contribution is -2.28. The van der Waals surface area contributed by atoms with E-state index in [1.807, 2.05) is 56.2 Å². The molecule has 1 unspecified atom stereocenters. The van der Waals surface area contributed by atoms with Crippen LogP contribution in [0.4, 0.5) is 5.69 Å². The summed E-state index contributed by atoms with van der Waals surface area (Å²) in [4.78, 5) is 11.7. The number of carbonyl (C=O) groups is 1. The fraction of sp³-hybridized carbons (Fsp3) is 0.381. The lowest BCUT2D eigenvalue weighted by Gasteiger charge is -2.30. The first-order valence-corrected chi connectivity index (χ1v) is 25.4. The first kappa shape index (κ1) is 46.2. The normalized spacial score (nSPS) is 19.7. The van der Waals surface area contributed by atoms with E-state index in [9.17, 15) is 56.7 Å². The minimum atomic E-state index is -4.81. The number of unbranched alkanes of at least 4 members (excludes halogenated alkanes) is 3. The van der Waals surface area contributed by atoms with Crippen LogP contribution >= 0.6 is 0 Å². The molecule has 0 saturated heterocycles. The summed E-state index contributed by atoms with van der Waals surface area (Å²) in [7, 11) is -18.8. The van der Waals surface area contributed by atoms with Crippen LogP contribution in [0.15, 0.2) is 98.9 Å². The van der Waals surface area contributed by atoms with E-state index >= 15 is 0 Å². The first-order chi connectivity index (χ1) is 28.3. The van der Waals surface area contributed by atoms with Crippen molar-refractivity contribution in [1.29, 1.82) is 0 Å². The van der Waals surface area contributed by atoms with E-state index in [0.717, 1.165) is 24.1 Å². The van der Waals surface area contributed by atoms with Crippen molar-refractivity contribution in [3.63, 3.8) is 0 Å². The molecule has 4 N–H and O–H groups in total. The van der Waals surface area contributed by atoms with Gasteiger partial charge in [0.2, 0.25) is 5.69 Å². The van der Waals surface area contributed by atoms with E-state index in [4.69, 9.17) is 0 Å². The Labute approximate surface area is 356 Å². The van der Waals surface area contributed by atoms with Crippen LogP contribution in [0.1, 0.15) is 95.1 Å². The zero-order chi connectivity index (χ0) is 45.1. The number of rotatable bonds is 15. The molecule has 0 saturated carbocycles. The average molecular weight is 918 g/mol. The molecule has 0 aromatic heterocycles. The van der Waals surface area contributed by atoms with Gasteiger partial charge in [-0.2, -0.15) is 38.2 Å². The van der Waals surface area contributed by atoms with E-state index < -0.39 is 71.2 Å². The Morgan fingerprint density at radius 2 is 1.43 bits per heavy atom. The van der Waals surface area contributed by atoms with Crippen LogP contribution in [0.2, 0.25) is 0 Å². The van der Waals surface area contributed by atoms with Gasteiger partial charge >= 0.3 is 0 Å². The molecule has 6 rings (SSSR count). The SMILES string of the molecule is CCCN1C2=C(c3cc(S(=O)(=O)O)ccc3C(S(=O)(=O)O)C2)C(C)(C)\C1=C/C=C/C=C/C1=[N+](CCCCCC=O)c2cc(S(=O)(=O)O)c3ccc(S(=O)(=O)O)cc3c2C1(C)C. The molecule has 328 valence electrons. The molecule has 0 amide bonds. The summed E-state index contributed by atoms with van der Waals surface area (Å²) in [6.07, 6.45) is 12.7. The molecule has 3 aromatic carbocycles. The van der Waals surface area contributed by atoms with E-state index in [1.54, 1.807) is 18.2 Å². The Morgan fingerprint density at radius 3 is 2.03 bits per heavy atom. The van der Waals surface area contributed by atoms with Crippen molar-refractivity contribution < 1.29 is 61.3 Å². The number of benzene rings is 3. The van der Waals surface area contributed by atoms with E-state index in [1.165, 1.54) is 30.3 Å². The van der Waals surface area contributed by atoms with Crippen molar-refractivity contribution in [3.05, 3.63) is 101 Å². The van der Waals surface area contributed by atoms with Crippen LogP contribution in [-0.4, -0.2) is 86.4 Å². The number of hydrogen-bond donors (Lipinski definition) is 4. The highest BCUT2D eigenvalue weighted by atomic mass is 32.2. The lowest BCUT2D eigenvalue weighted by molar-refractivity contribution is -0.438. The maximum Gasteiger partial charge on any atom is 0.295 e. The minimum absolute atomic E-state index is 0.0660. The molecule has 0 spiro atoms. The van der Waals surface area contributed by atoms with E-state index in [-0.39, 0.29) is 28.3 Å². The molecule has 2 heterocycles. The number of hydrogen-bond acceptors (Lipinski definition) is 10. The van der Waals surface area contributed by atoms with Crippen molar-refractivity contribution >= 4 is 74.5 Å². The molecule has 3 aromatic rings. The molecule has 19 heteroatoms. The van der Waals surface area contributed by atoms with E-state index in [0.29, 0.717) is 73.4 Å². The van der Waals surface area contributed by atoms with Crippen LogP contribution < -0.4 is 0 Å². The van der Waals surface area contributed by atoms with Crippen LogP contribution in [0.25, 0.3) is 16.3 Å². The smallest absolute Gasteiger partial charge is 0.295 e. The Kier molecular flexibility index (Phi) is 12.4. The quantitative estimate of drug-likeness (QED) is 0.0387. The van der Waals surface area contributed by atoms with Crippen molar-refractivity contribution in [2.24, 2.45) is 5.41 Å². The van der Waals surface area contributed by atoms with Gasteiger partial charge in [0.15, 0.2) is 5.71 Å². The average Bonchev–Trinajstić information content (AvgIpc) is 3.50. The molecule has 15 nitrogen and oxygen atoms in total. The van der Waals surface area contributed by atoms with E-state index in [2.05, 4.69) is 0 Å². The van der Waals surface area contributed by atoms with Gasteiger partial charge in [0, 0.05) is 65.7 Å². The summed E-state index contributed by atoms with van der Waals surface area (Å²) in [5.41, 5.74) is 2.52. The maximum atomic E-state index is 12.8. The van der Waals surface area contributed by atoms with Gasteiger partial charge in [-0.25, -0.2) is 0 Å². The molecule has 61 heavy (non-hydrogen) atoms. The second-order valence-electron chi connectivity index (χ2n) is 16.4. The summed E-state index contributed by atoms with van der Waals surface area (Å²) >= 11 is 0. The molecule has 0 fully saturated rings. The van der Waals surface area contributed by atoms with Gasteiger partial charge in [-0.05, 0) is 85.5 Å². The molecule has 1 aliphatic carbocycles. The van der Waals surface area contributed by atoms with Crippen molar-refractivity contribution in [2.45, 2.75) is 98.5 Å². The second kappa shape index (κ2) is 16.4. The summed E-state index contributed by atoms with van der Waals surface area (Å²) in [6, 6.07) is 8.51. The summed E-state index contributed by atoms with van der Waals surface area (Å²) in [6.45, 7) is 10.4. The van der Waals surface area contributed by atoms with Crippen molar-refractivity contribution in [3.8, 4) is 0 Å². The third kappa shape index (κ3) is 8.71. The summed E-state index contributed by atoms with van der Waals surface area (Å²) in [5.74, 6) is 0. The maximum absolute atomic E-state index is 12.8. The van der Waals surface area contributed by atoms with Crippen molar-refractivity contribution in [1.82, 2.24) is 4.90 Å². The highest BCUT2D eigenvalue weighted by Crippen LogP contribution is 2.58. The summed E-state index contributed by atoms with van der Waals surface area (Å²) < 4.78 is 142. The molecular formula is C42H49N2O13S4+. The number of allylic oxidation sites excluding steroid dienone is 7. The first-order valence-electron chi connectivity index (χ1n) is 19.6. The number of nitrogens with zero attached hydrogens (tertiary/aromatic N) is 2.